The molecule has 0 radical (unpaired) electrons. The Labute approximate surface area is 241 Å². The summed E-state index contributed by atoms with van der Waals surface area (Å²) in [7, 11) is 3.21. The molecular weight excluding hydrogens is 540 g/mol. The van der Waals surface area contributed by atoms with Gasteiger partial charge in [-0.3, -0.25) is 14.4 Å². The van der Waals surface area contributed by atoms with E-state index < -0.39 is 23.6 Å². The third-order valence-corrected chi connectivity index (χ3v) is 6.30. The van der Waals surface area contributed by atoms with Gasteiger partial charge in [-0.15, -0.1) is 0 Å². The number of nitrogens with one attached hydrogen (secondary N) is 3. The predicted molar refractivity (Wildman–Crippen MR) is 157 cm³/mol. The van der Waals surface area contributed by atoms with Crippen LogP contribution in [-0.2, 0) is 22.7 Å². The number of imidazole rings is 1. The summed E-state index contributed by atoms with van der Waals surface area (Å²) in [6.07, 6.45) is 3.45. The van der Waals surface area contributed by atoms with Gasteiger partial charge in [-0.2, -0.15) is 0 Å². The minimum Gasteiger partial charge on any atom is -0.487 e. The van der Waals surface area contributed by atoms with E-state index in [-0.39, 0.29) is 31.0 Å². The van der Waals surface area contributed by atoms with Crippen LogP contribution >= 0.6 is 0 Å². The topological polar surface area (TPSA) is 159 Å². The van der Waals surface area contributed by atoms with Crippen LogP contribution in [0.15, 0.2) is 83.8 Å². The Morgan fingerprint density at radius 3 is 2.62 bits per heavy atom. The highest BCUT2D eigenvalue weighted by molar-refractivity contribution is 5.96. The van der Waals surface area contributed by atoms with Crippen LogP contribution in [0.25, 0.3) is 11.0 Å². The molecule has 0 saturated carbocycles. The molecule has 0 fully saturated rings. The van der Waals surface area contributed by atoms with Crippen molar-refractivity contribution in [2.45, 2.75) is 32.0 Å². The van der Waals surface area contributed by atoms with Crippen molar-refractivity contribution in [3.05, 3.63) is 101 Å². The quantitative estimate of drug-likeness (QED) is 0.190. The number of aromatic amines is 1. The van der Waals surface area contributed by atoms with Crippen LogP contribution in [0.4, 0.5) is 10.5 Å². The minimum absolute atomic E-state index is 0.0130. The van der Waals surface area contributed by atoms with Crippen LogP contribution in [0.3, 0.4) is 0 Å². The van der Waals surface area contributed by atoms with Crippen LogP contribution in [-0.4, -0.2) is 62.6 Å². The van der Waals surface area contributed by atoms with Crippen molar-refractivity contribution in [3.8, 4) is 5.75 Å². The fourth-order valence-electron chi connectivity index (χ4n) is 4.14. The second-order valence-corrected chi connectivity index (χ2v) is 9.67. The van der Waals surface area contributed by atoms with Gasteiger partial charge in [0.15, 0.2) is 0 Å². The molecule has 218 valence electrons. The van der Waals surface area contributed by atoms with Crippen molar-refractivity contribution in [1.29, 1.82) is 0 Å². The van der Waals surface area contributed by atoms with Crippen LogP contribution < -0.4 is 20.9 Å². The van der Waals surface area contributed by atoms with Gasteiger partial charge in [0.25, 0.3) is 5.56 Å². The number of carbonyl (C=O) groups is 3. The van der Waals surface area contributed by atoms with Gasteiger partial charge >= 0.3 is 6.09 Å². The monoisotopic (exact) mass is 572 g/mol. The third-order valence-electron chi connectivity index (χ3n) is 6.30. The third kappa shape index (κ3) is 7.84. The standard InChI is InChI=1S/C30H32N6O6/c1-35(2)26(37)16-7-6-12-22(33-30(40)41)28(38)32-23-14-9-17-36(29(23)39)18-25-31-21-13-8-15-24(27(21)34-25)42-19-20-10-4-3-5-11-20/h3-5,7-11,13-17,22,33H,6,12,18-19H2,1-2H3,(H,31,34)(H,32,38)(H,40,41)/b16-7+/t22-/m0/s1. The molecule has 1 atom stereocenters. The Morgan fingerprint density at radius 2 is 1.88 bits per heavy atom. The zero-order valence-corrected chi connectivity index (χ0v) is 23.2. The molecule has 2 aromatic carbocycles. The molecule has 2 aromatic heterocycles. The van der Waals surface area contributed by atoms with Gasteiger partial charge in [-0.1, -0.05) is 42.5 Å². The first-order valence-corrected chi connectivity index (χ1v) is 13.2. The number of nitrogens with zero attached hydrogens (tertiary/aromatic N) is 3. The van der Waals surface area contributed by atoms with Crippen LogP contribution in [0.2, 0.25) is 0 Å². The molecule has 0 aliphatic carbocycles. The molecule has 0 unspecified atom stereocenters. The van der Waals surface area contributed by atoms with Crippen molar-refractivity contribution in [2.75, 3.05) is 19.4 Å². The smallest absolute Gasteiger partial charge is 0.405 e. The summed E-state index contributed by atoms with van der Waals surface area (Å²) in [5, 5.41) is 13.9. The summed E-state index contributed by atoms with van der Waals surface area (Å²) < 4.78 is 7.39. The summed E-state index contributed by atoms with van der Waals surface area (Å²) in [5.41, 5.74) is 1.90. The SMILES string of the molecule is CN(C)C(=O)/C=C/CC[C@H](NC(=O)O)C(=O)Nc1cccn(Cc2nc3cccc(OCc4ccccc4)c3[nH]2)c1=O. The van der Waals surface area contributed by atoms with E-state index in [1.54, 1.807) is 32.4 Å². The summed E-state index contributed by atoms with van der Waals surface area (Å²) in [5.74, 6) is 0.216. The first kappa shape index (κ1) is 29.6. The highest BCUT2D eigenvalue weighted by Gasteiger charge is 2.21. The average molecular weight is 573 g/mol. The maximum atomic E-state index is 13.2. The fourth-order valence-corrected chi connectivity index (χ4v) is 4.14. The minimum atomic E-state index is -1.38. The Balaban J connectivity index is 1.45. The number of carbonyl (C=O) groups excluding carboxylic acids is 2. The number of carboxylic acid groups (broad SMARTS) is 1. The molecule has 12 nitrogen and oxygen atoms in total. The number of benzene rings is 2. The molecule has 0 saturated heterocycles. The molecule has 4 rings (SSSR count). The number of pyridine rings is 1. The summed E-state index contributed by atoms with van der Waals surface area (Å²) in [4.78, 5) is 58.3. The highest BCUT2D eigenvalue weighted by atomic mass is 16.5. The first-order chi connectivity index (χ1) is 20.2. The van der Waals surface area contributed by atoms with E-state index in [1.165, 1.54) is 21.6 Å². The van der Waals surface area contributed by atoms with E-state index in [1.807, 2.05) is 48.5 Å². The molecule has 3 amide bonds. The molecule has 0 aliphatic rings. The molecule has 2 heterocycles. The molecular formula is C30H32N6O6. The number of fused-ring (bicyclic) bond motifs is 1. The number of rotatable bonds is 12. The first-order valence-electron chi connectivity index (χ1n) is 13.2. The Hall–Kier alpha value is -5.39. The lowest BCUT2D eigenvalue weighted by Crippen LogP contribution is -2.44. The number of amides is 3. The number of H-pyrrole nitrogens is 1. The Kier molecular flexibility index (Phi) is 9.72. The van der Waals surface area contributed by atoms with E-state index in [4.69, 9.17) is 4.74 Å². The maximum Gasteiger partial charge on any atom is 0.405 e. The van der Waals surface area contributed by atoms with E-state index in [0.29, 0.717) is 29.2 Å². The summed E-state index contributed by atoms with van der Waals surface area (Å²) in [6.45, 7) is 0.481. The number of hydrogen-bond acceptors (Lipinski definition) is 6. The average Bonchev–Trinajstić information content (AvgIpc) is 3.39. The van der Waals surface area contributed by atoms with Gasteiger partial charge in [0.05, 0.1) is 12.1 Å². The van der Waals surface area contributed by atoms with E-state index in [2.05, 4.69) is 20.6 Å². The van der Waals surface area contributed by atoms with Crippen LogP contribution in [0, 0.1) is 0 Å². The van der Waals surface area contributed by atoms with Gasteiger partial charge in [-0.05, 0) is 48.7 Å². The van der Waals surface area contributed by atoms with Crippen molar-refractivity contribution in [2.24, 2.45) is 0 Å². The molecule has 4 N–H and O–H groups in total. The van der Waals surface area contributed by atoms with Crippen molar-refractivity contribution >= 4 is 34.6 Å². The van der Waals surface area contributed by atoms with E-state index in [0.717, 1.165) is 5.56 Å². The van der Waals surface area contributed by atoms with Crippen LogP contribution in [0.5, 0.6) is 5.75 Å². The second kappa shape index (κ2) is 13.8. The van der Waals surface area contributed by atoms with Gasteiger partial charge in [0.2, 0.25) is 11.8 Å². The number of hydrogen-bond donors (Lipinski definition) is 4. The predicted octanol–water partition coefficient (Wildman–Crippen LogP) is 3.35. The van der Waals surface area contributed by atoms with E-state index in [9.17, 15) is 24.3 Å². The lowest BCUT2D eigenvalue weighted by atomic mass is 10.1. The van der Waals surface area contributed by atoms with Crippen molar-refractivity contribution in [1.82, 2.24) is 24.8 Å². The van der Waals surface area contributed by atoms with Gasteiger partial charge in [0.1, 0.15) is 35.4 Å². The van der Waals surface area contributed by atoms with Crippen LogP contribution in [0.1, 0.15) is 24.2 Å². The van der Waals surface area contributed by atoms with Crippen molar-refractivity contribution < 1.29 is 24.2 Å². The molecule has 4 aromatic rings. The number of ether oxygens (including phenoxy) is 1. The summed E-state index contributed by atoms with van der Waals surface area (Å²) >= 11 is 0. The molecule has 0 spiro atoms. The Bertz CT molecular complexity index is 1640. The number of allylic oxidation sites excluding steroid dienone is 1. The van der Waals surface area contributed by atoms with E-state index >= 15 is 0 Å². The highest BCUT2D eigenvalue weighted by Crippen LogP contribution is 2.24. The number of para-hydroxylation sites is 1. The number of aromatic nitrogens is 3. The molecule has 0 aliphatic heterocycles. The number of likely N-dealkylation sites (N-methyl/N-ethyl adjacent to an activating group) is 1. The van der Waals surface area contributed by atoms with Gasteiger partial charge in [-0.25, -0.2) is 9.78 Å². The molecule has 42 heavy (non-hydrogen) atoms. The summed E-state index contributed by atoms with van der Waals surface area (Å²) in [6, 6.07) is 17.2. The van der Waals surface area contributed by atoms with Crippen molar-refractivity contribution in [3.63, 3.8) is 0 Å². The maximum absolute atomic E-state index is 13.2. The Morgan fingerprint density at radius 1 is 1.10 bits per heavy atom. The normalized spacial score (nSPS) is 11.8. The van der Waals surface area contributed by atoms with Gasteiger partial charge in [0, 0.05) is 20.3 Å². The largest absolute Gasteiger partial charge is 0.487 e. The fraction of sp³-hybridized carbons (Fsp3) is 0.233. The lowest BCUT2D eigenvalue weighted by molar-refractivity contribution is -0.123. The second-order valence-electron chi connectivity index (χ2n) is 9.67. The zero-order chi connectivity index (χ0) is 30.1. The molecule has 12 heteroatoms. The number of anilines is 1. The molecule has 0 bridgehead atoms. The van der Waals surface area contributed by atoms with Gasteiger partial charge < -0.3 is 34.9 Å². The zero-order valence-electron chi connectivity index (χ0n) is 23.2. The lowest BCUT2D eigenvalue weighted by Gasteiger charge is -2.16.